The van der Waals surface area contributed by atoms with E-state index in [-0.39, 0.29) is 12.6 Å². The average molecular weight is 255 g/mol. The smallest absolute Gasteiger partial charge is 0.0652 e. The lowest BCUT2D eigenvalue weighted by Crippen LogP contribution is -2.44. The highest BCUT2D eigenvalue weighted by Crippen LogP contribution is 2.24. The second-order valence-corrected chi connectivity index (χ2v) is 5.13. The molecule has 0 saturated carbocycles. The van der Waals surface area contributed by atoms with Crippen LogP contribution in [0.2, 0.25) is 0 Å². The molecular formula is C17H21NO. The summed E-state index contributed by atoms with van der Waals surface area (Å²) >= 11 is 0. The summed E-state index contributed by atoms with van der Waals surface area (Å²) in [6.07, 6.45) is 0. The van der Waals surface area contributed by atoms with E-state index in [2.05, 4.69) is 24.4 Å². The Morgan fingerprint density at radius 2 is 1.53 bits per heavy atom. The molecule has 0 bridgehead atoms. The lowest BCUT2D eigenvalue weighted by molar-refractivity contribution is 0.163. The highest BCUT2D eigenvalue weighted by Gasteiger charge is 2.27. The maximum absolute atomic E-state index is 9.77. The molecule has 2 unspecified atom stereocenters. The summed E-state index contributed by atoms with van der Waals surface area (Å²) in [5.74, 6) is 0. The molecule has 2 atom stereocenters. The number of hydrogen-bond acceptors (Lipinski definition) is 2. The van der Waals surface area contributed by atoms with Crippen LogP contribution in [0.3, 0.4) is 0 Å². The van der Waals surface area contributed by atoms with Crippen molar-refractivity contribution in [2.45, 2.75) is 25.4 Å². The highest BCUT2D eigenvalue weighted by atomic mass is 16.3. The third kappa shape index (κ3) is 3.22. The van der Waals surface area contributed by atoms with Gasteiger partial charge >= 0.3 is 0 Å². The Hall–Kier alpha value is -1.64. The monoisotopic (exact) mass is 255 g/mol. The van der Waals surface area contributed by atoms with Crippen molar-refractivity contribution in [3.63, 3.8) is 0 Å². The molecule has 0 aromatic heterocycles. The minimum atomic E-state index is -0.434. The van der Waals surface area contributed by atoms with Gasteiger partial charge in [-0.3, -0.25) is 5.32 Å². The molecule has 0 aliphatic rings. The largest absolute Gasteiger partial charge is 0.394 e. The molecular weight excluding hydrogens is 234 g/mol. The van der Waals surface area contributed by atoms with Crippen molar-refractivity contribution in [1.82, 2.24) is 5.32 Å². The molecule has 0 spiro atoms. The number of nitrogens with one attached hydrogen (secondary N) is 1. The van der Waals surface area contributed by atoms with Crippen LogP contribution in [-0.4, -0.2) is 11.7 Å². The van der Waals surface area contributed by atoms with E-state index in [0.717, 1.165) is 5.56 Å². The molecule has 0 aliphatic heterocycles. The summed E-state index contributed by atoms with van der Waals surface area (Å²) in [4.78, 5) is 0. The molecule has 2 heteroatoms. The van der Waals surface area contributed by atoms with Crippen molar-refractivity contribution in [3.05, 3.63) is 71.8 Å². The summed E-state index contributed by atoms with van der Waals surface area (Å²) < 4.78 is 0. The van der Waals surface area contributed by atoms with Gasteiger partial charge in [0.15, 0.2) is 0 Å². The maximum Gasteiger partial charge on any atom is 0.0652 e. The minimum Gasteiger partial charge on any atom is -0.394 e. The van der Waals surface area contributed by atoms with E-state index in [1.165, 1.54) is 5.56 Å². The molecule has 2 N–H and O–H groups in total. The van der Waals surface area contributed by atoms with Gasteiger partial charge in [-0.15, -0.1) is 0 Å². The van der Waals surface area contributed by atoms with Gasteiger partial charge in [-0.25, -0.2) is 0 Å². The standard InChI is InChI=1S/C17H21NO/c1-14(15-9-5-3-6-10-15)18-17(2,13-19)16-11-7-4-8-12-16/h3-12,14,18-19H,13H2,1-2H3. The third-order valence-corrected chi connectivity index (χ3v) is 3.56. The van der Waals surface area contributed by atoms with Gasteiger partial charge in [0.25, 0.3) is 0 Å². The molecule has 2 rings (SSSR count). The normalized spacial score (nSPS) is 15.7. The van der Waals surface area contributed by atoms with E-state index >= 15 is 0 Å². The molecule has 19 heavy (non-hydrogen) atoms. The van der Waals surface area contributed by atoms with Crippen LogP contribution in [0.4, 0.5) is 0 Å². The third-order valence-electron chi connectivity index (χ3n) is 3.56. The number of rotatable bonds is 5. The van der Waals surface area contributed by atoms with E-state index in [9.17, 15) is 5.11 Å². The zero-order valence-corrected chi connectivity index (χ0v) is 11.5. The fourth-order valence-electron chi connectivity index (χ4n) is 2.33. The Bertz CT molecular complexity index is 497. The van der Waals surface area contributed by atoms with Crippen LogP contribution in [-0.2, 0) is 5.54 Å². The molecule has 2 aromatic rings. The van der Waals surface area contributed by atoms with Crippen LogP contribution in [0, 0.1) is 0 Å². The predicted octanol–water partition coefficient (Wildman–Crippen LogP) is 3.24. The van der Waals surface area contributed by atoms with Crippen LogP contribution in [0.15, 0.2) is 60.7 Å². The Balaban J connectivity index is 2.20. The lowest BCUT2D eigenvalue weighted by Gasteiger charge is -2.33. The van der Waals surface area contributed by atoms with Gasteiger partial charge in [0.2, 0.25) is 0 Å². The number of hydrogen-bond donors (Lipinski definition) is 2. The Morgan fingerprint density at radius 3 is 2.05 bits per heavy atom. The van der Waals surface area contributed by atoms with Gasteiger partial charge in [0, 0.05) is 6.04 Å². The topological polar surface area (TPSA) is 32.3 Å². The quantitative estimate of drug-likeness (QED) is 0.859. The molecule has 100 valence electrons. The van der Waals surface area contributed by atoms with Gasteiger partial charge in [-0.1, -0.05) is 60.7 Å². The second kappa shape index (κ2) is 6.00. The maximum atomic E-state index is 9.77. The van der Waals surface area contributed by atoms with Crippen LogP contribution in [0.25, 0.3) is 0 Å². The summed E-state index contributed by atoms with van der Waals surface area (Å²) in [6.45, 7) is 4.21. The Kier molecular flexibility index (Phi) is 4.35. The van der Waals surface area contributed by atoms with Gasteiger partial charge in [-0.2, -0.15) is 0 Å². The SMILES string of the molecule is CC(NC(C)(CO)c1ccccc1)c1ccccc1. The first-order chi connectivity index (χ1) is 9.15. The molecule has 2 aromatic carbocycles. The lowest BCUT2D eigenvalue weighted by atomic mass is 9.91. The van der Waals surface area contributed by atoms with Gasteiger partial charge in [0.05, 0.1) is 12.1 Å². The van der Waals surface area contributed by atoms with Gasteiger partial charge < -0.3 is 5.11 Å². The molecule has 2 nitrogen and oxygen atoms in total. The fraction of sp³-hybridized carbons (Fsp3) is 0.294. The molecule has 0 fully saturated rings. The van der Waals surface area contributed by atoms with E-state index in [1.54, 1.807) is 0 Å². The van der Waals surface area contributed by atoms with E-state index < -0.39 is 5.54 Å². The van der Waals surface area contributed by atoms with E-state index in [0.29, 0.717) is 0 Å². The average Bonchev–Trinajstić information content (AvgIpc) is 2.49. The second-order valence-electron chi connectivity index (χ2n) is 5.13. The predicted molar refractivity (Wildman–Crippen MR) is 78.9 cm³/mol. The molecule has 0 radical (unpaired) electrons. The van der Waals surface area contributed by atoms with Crippen molar-refractivity contribution in [1.29, 1.82) is 0 Å². The summed E-state index contributed by atoms with van der Waals surface area (Å²) in [6, 6.07) is 20.5. The fourth-order valence-corrected chi connectivity index (χ4v) is 2.33. The molecule has 0 saturated heterocycles. The van der Waals surface area contributed by atoms with Crippen molar-refractivity contribution in [3.8, 4) is 0 Å². The van der Waals surface area contributed by atoms with Gasteiger partial charge in [0.1, 0.15) is 0 Å². The molecule has 0 amide bonds. The number of aliphatic hydroxyl groups is 1. The van der Waals surface area contributed by atoms with Crippen LogP contribution < -0.4 is 5.32 Å². The van der Waals surface area contributed by atoms with Crippen LogP contribution >= 0.6 is 0 Å². The van der Waals surface area contributed by atoms with Crippen molar-refractivity contribution < 1.29 is 5.11 Å². The summed E-state index contributed by atoms with van der Waals surface area (Å²) in [5.41, 5.74) is 1.88. The zero-order valence-electron chi connectivity index (χ0n) is 11.5. The van der Waals surface area contributed by atoms with Crippen LogP contribution in [0.5, 0.6) is 0 Å². The highest BCUT2D eigenvalue weighted by molar-refractivity contribution is 5.26. The van der Waals surface area contributed by atoms with Crippen molar-refractivity contribution in [2.24, 2.45) is 0 Å². The first-order valence-corrected chi connectivity index (χ1v) is 6.65. The van der Waals surface area contributed by atoms with E-state index in [4.69, 9.17) is 0 Å². The van der Waals surface area contributed by atoms with Crippen LogP contribution in [0.1, 0.15) is 31.0 Å². The first-order valence-electron chi connectivity index (χ1n) is 6.65. The molecule has 0 aliphatic carbocycles. The van der Waals surface area contributed by atoms with Gasteiger partial charge in [-0.05, 0) is 25.0 Å². The molecule has 0 heterocycles. The first kappa shape index (κ1) is 13.8. The van der Waals surface area contributed by atoms with E-state index in [1.807, 2.05) is 55.5 Å². The Labute approximate surface area is 115 Å². The summed E-state index contributed by atoms with van der Waals surface area (Å²) in [5, 5.41) is 13.3. The number of aliphatic hydroxyl groups excluding tert-OH is 1. The van der Waals surface area contributed by atoms with Crippen molar-refractivity contribution >= 4 is 0 Å². The number of benzene rings is 2. The Morgan fingerprint density at radius 1 is 1.00 bits per heavy atom. The van der Waals surface area contributed by atoms with Crippen molar-refractivity contribution in [2.75, 3.05) is 6.61 Å². The minimum absolute atomic E-state index is 0.0637. The zero-order chi connectivity index (χ0) is 13.7. The summed E-state index contributed by atoms with van der Waals surface area (Å²) in [7, 11) is 0.